The lowest BCUT2D eigenvalue weighted by atomic mass is 10.0. The van der Waals surface area contributed by atoms with E-state index in [1.807, 2.05) is 6.07 Å². The van der Waals surface area contributed by atoms with Crippen LogP contribution < -0.4 is 11.1 Å². The zero-order valence-corrected chi connectivity index (χ0v) is 14.6. The van der Waals surface area contributed by atoms with E-state index in [4.69, 9.17) is 17.3 Å². The highest BCUT2D eigenvalue weighted by Crippen LogP contribution is 2.28. The quantitative estimate of drug-likeness (QED) is 0.551. The van der Waals surface area contributed by atoms with Gasteiger partial charge in [0.25, 0.3) is 0 Å². The van der Waals surface area contributed by atoms with Gasteiger partial charge in [0.1, 0.15) is 0 Å². The SMILES string of the molecule is CC(C)CCCC(C)NC(=O)CSc1ccc(N)cc1Cl. The van der Waals surface area contributed by atoms with Gasteiger partial charge in [0, 0.05) is 16.6 Å². The topological polar surface area (TPSA) is 55.1 Å². The number of hydrogen-bond donors (Lipinski definition) is 2. The minimum absolute atomic E-state index is 0.0462. The molecule has 1 aromatic carbocycles. The molecule has 0 aliphatic heterocycles. The smallest absolute Gasteiger partial charge is 0.230 e. The molecule has 1 rings (SSSR count). The summed E-state index contributed by atoms with van der Waals surface area (Å²) >= 11 is 7.52. The molecule has 0 heterocycles. The van der Waals surface area contributed by atoms with Gasteiger partial charge in [-0.15, -0.1) is 11.8 Å². The number of rotatable bonds is 8. The third-order valence-electron chi connectivity index (χ3n) is 3.14. The number of benzene rings is 1. The van der Waals surface area contributed by atoms with E-state index in [0.29, 0.717) is 16.5 Å². The zero-order chi connectivity index (χ0) is 15.8. The molecule has 0 saturated carbocycles. The molecule has 0 fully saturated rings. The molecule has 0 aliphatic carbocycles. The summed E-state index contributed by atoms with van der Waals surface area (Å²) in [6.07, 6.45) is 3.38. The number of carbonyl (C=O) groups excluding carboxylic acids is 1. The van der Waals surface area contributed by atoms with Crippen LogP contribution >= 0.6 is 23.4 Å². The summed E-state index contributed by atoms with van der Waals surface area (Å²) in [6.45, 7) is 6.49. The monoisotopic (exact) mass is 328 g/mol. The number of nitrogens with one attached hydrogen (secondary N) is 1. The number of carbonyl (C=O) groups is 1. The third kappa shape index (κ3) is 7.63. The van der Waals surface area contributed by atoms with Crippen molar-refractivity contribution in [3.63, 3.8) is 0 Å². The van der Waals surface area contributed by atoms with Crippen LogP contribution in [0.5, 0.6) is 0 Å². The fourth-order valence-electron chi connectivity index (χ4n) is 2.00. The Morgan fingerprint density at radius 1 is 1.33 bits per heavy atom. The number of nitrogen functional groups attached to an aromatic ring is 1. The van der Waals surface area contributed by atoms with Gasteiger partial charge in [-0.1, -0.05) is 38.3 Å². The molecule has 0 bridgehead atoms. The van der Waals surface area contributed by atoms with Crippen LogP contribution in [-0.4, -0.2) is 17.7 Å². The van der Waals surface area contributed by atoms with Gasteiger partial charge >= 0.3 is 0 Å². The Labute approximate surface area is 137 Å². The molecule has 0 aliphatic rings. The molecule has 1 amide bonds. The maximum Gasteiger partial charge on any atom is 0.230 e. The summed E-state index contributed by atoms with van der Waals surface area (Å²) in [5, 5.41) is 3.62. The number of hydrogen-bond acceptors (Lipinski definition) is 3. The summed E-state index contributed by atoms with van der Waals surface area (Å²) in [6, 6.07) is 5.57. The Kier molecular flexibility index (Phi) is 7.97. The Balaban J connectivity index is 2.30. The van der Waals surface area contributed by atoms with Crippen molar-refractivity contribution in [2.24, 2.45) is 5.92 Å². The lowest BCUT2D eigenvalue weighted by Gasteiger charge is -2.14. The fraction of sp³-hybridized carbons (Fsp3) is 0.562. The second kappa shape index (κ2) is 9.21. The van der Waals surface area contributed by atoms with Gasteiger partial charge in [-0.25, -0.2) is 0 Å². The van der Waals surface area contributed by atoms with Gasteiger partial charge < -0.3 is 11.1 Å². The van der Waals surface area contributed by atoms with Gasteiger partial charge in [-0.2, -0.15) is 0 Å². The van der Waals surface area contributed by atoms with Crippen molar-refractivity contribution in [3.05, 3.63) is 23.2 Å². The van der Waals surface area contributed by atoms with Gasteiger partial charge in [-0.3, -0.25) is 4.79 Å². The molecular weight excluding hydrogens is 304 g/mol. The summed E-state index contributed by atoms with van der Waals surface area (Å²) in [5.41, 5.74) is 6.28. The van der Waals surface area contributed by atoms with Crippen LogP contribution in [0.1, 0.15) is 40.0 Å². The Hall–Kier alpha value is -0.870. The Morgan fingerprint density at radius 2 is 2.05 bits per heavy atom. The van der Waals surface area contributed by atoms with Crippen molar-refractivity contribution in [1.82, 2.24) is 5.32 Å². The molecule has 0 spiro atoms. The highest BCUT2D eigenvalue weighted by atomic mass is 35.5. The largest absolute Gasteiger partial charge is 0.399 e. The zero-order valence-electron chi connectivity index (χ0n) is 13.0. The summed E-state index contributed by atoms with van der Waals surface area (Å²) in [5.74, 6) is 1.14. The van der Waals surface area contributed by atoms with E-state index in [1.54, 1.807) is 12.1 Å². The third-order valence-corrected chi connectivity index (χ3v) is 4.64. The van der Waals surface area contributed by atoms with E-state index < -0.39 is 0 Å². The van der Waals surface area contributed by atoms with E-state index in [0.717, 1.165) is 23.7 Å². The second-order valence-corrected chi connectivity index (χ2v) is 7.20. The predicted octanol–water partition coefficient (Wildman–Crippen LogP) is 4.35. The van der Waals surface area contributed by atoms with Gasteiger partial charge in [-0.05, 0) is 37.5 Å². The normalized spacial score (nSPS) is 12.4. The van der Waals surface area contributed by atoms with Crippen molar-refractivity contribution < 1.29 is 4.79 Å². The minimum Gasteiger partial charge on any atom is -0.399 e. The first-order chi connectivity index (χ1) is 9.88. The summed E-state index contributed by atoms with van der Waals surface area (Å²) in [7, 11) is 0. The molecule has 21 heavy (non-hydrogen) atoms. The van der Waals surface area contributed by atoms with Crippen molar-refractivity contribution in [3.8, 4) is 0 Å². The summed E-state index contributed by atoms with van der Waals surface area (Å²) in [4.78, 5) is 12.8. The van der Waals surface area contributed by atoms with Crippen LogP contribution in [0.25, 0.3) is 0 Å². The minimum atomic E-state index is 0.0462. The molecule has 0 aromatic heterocycles. The van der Waals surface area contributed by atoms with E-state index in [-0.39, 0.29) is 11.9 Å². The molecule has 0 radical (unpaired) electrons. The predicted molar refractivity (Wildman–Crippen MR) is 92.9 cm³/mol. The number of amides is 1. The Bertz CT molecular complexity index is 466. The first-order valence-electron chi connectivity index (χ1n) is 7.35. The maximum atomic E-state index is 11.9. The molecule has 3 nitrogen and oxygen atoms in total. The highest BCUT2D eigenvalue weighted by Gasteiger charge is 2.09. The van der Waals surface area contributed by atoms with E-state index in [9.17, 15) is 4.79 Å². The second-order valence-electron chi connectivity index (χ2n) is 5.77. The molecule has 1 unspecified atom stereocenters. The van der Waals surface area contributed by atoms with E-state index in [1.165, 1.54) is 18.2 Å². The molecule has 3 N–H and O–H groups in total. The fourth-order valence-corrected chi connectivity index (χ4v) is 3.08. The van der Waals surface area contributed by atoms with E-state index >= 15 is 0 Å². The molecule has 1 aromatic rings. The van der Waals surface area contributed by atoms with Crippen LogP contribution in [-0.2, 0) is 4.79 Å². The van der Waals surface area contributed by atoms with Crippen LogP contribution in [0.2, 0.25) is 5.02 Å². The van der Waals surface area contributed by atoms with Crippen LogP contribution in [0.4, 0.5) is 5.69 Å². The van der Waals surface area contributed by atoms with Crippen molar-refractivity contribution in [2.75, 3.05) is 11.5 Å². The lowest BCUT2D eigenvalue weighted by molar-refractivity contribution is -0.119. The molecule has 5 heteroatoms. The number of nitrogens with two attached hydrogens (primary N) is 1. The first-order valence-corrected chi connectivity index (χ1v) is 8.72. The van der Waals surface area contributed by atoms with Crippen LogP contribution in [0.3, 0.4) is 0 Å². The van der Waals surface area contributed by atoms with Crippen LogP contribution in [0, 0.1) is 5.92 Å². The first kappa shape index (κ1) is 18.2. The van der Waals surface area contributed by atoms with Gasteiger partial charge in [0.2, 0.25) is 5.91 Å². The van der Waals surface area contributed by atoms with E-state index in [2.05, 4.69) is 26.1 Å². The maximum absolute atomic E-state index is 11.9. The van der Waals surface area contributed by atoms with Crippen molar-refractivity contribution in [2.45, 2.75) is 51.0 Å². The number of thioether (sulfide) groups is 1. The summed E-state index contributed by atoms with van der Waals surface area (Å²) < 4.78 is 0. The molecule has 118 valence electrons. The van der Waals surface area contributed by atoms with Gasteiger partial charge in [0.15, 0.2) is 0 Å². The molecular formula is C16H25ClN2OS. The lowest BCUT2D eigenvalue weighted by Crippen LogP contribution is -2.33. The highest BCUT2D eigenvalue weighted by molar-refractivity contribution is 8.00. The standard InChI is InChI=1S/C16H25ClN2OS/c1-11(2)5-4-6-12(3)19-16(20)10-21-15-8-7-13(18)9-14(15)17/h7-9,11-12H,4-6,10,18H2,1-3H3,(H,19,20). The average Bonchev–Trinajstić information content (AvgIpc) is 2.37. The Morgan fingerprint density at radius 3 is 2.67 bits per heavy atom. The molecule has 0 saturated heterocycles. The van der Waals surface area contributed by atoms with Crippen LogP contribution in [0.15, 0.2) is 23.1 Å². The van der Waals surface area contributed by atoms with Crippen molar-refractivity contribution in [1.29, 1.82) is 0 Å². The molecule has 1 atom stereocenters. The van der Waals surface area contributed by atoms with Crippen molar-refractivity contribution >= 4 is 35.0 Å². The number of anilines is 1. The number of halogens is 1. The van der Waals surface area contributed by atoms with Gasteiger partial charge in [0.05, 0.1) is 10.8 Å². The average molecular weight is 329 g/mol.